The van der Waals surface area contributed by atoms with Gasteiger partial charge in [0.2, 0.25) is 0 Å². The van der Waals surface area contributed by atoms with Gasteiger partial charge in [-0.3, -0.25) is 4.79 Å². The van der Waals surface area contributed by atoms with Gasteiger partial charge in [-0.15, -0.1) is 0 Å². The van der Waals surface area contributed by atoms with E-state index in [0.717, 1.165) is 32.5 Å². The number of methoxy groups -OCH3 is 2. The fourth-order valence-corrected chi connectivity index (χ4v) is 3.09. The third kappa shape index (κ3) is 5.32. The Morgan fingerprint density at radius 3 is 2.54 bits per heavy atom. The van der Waals surface area contributed by atoms with Gasteiger partial charge in [0.1, 0.15) is 11.4 Å². The van der Waals surface area contributed by atoms with Crippen LogP contribution in [0.5, 0.6) is 11.5 Å². The van der Waals surface area contributed by atoms with Gasteiger partial charge in [0, 0.05) is 25.7 Å². The molecule has 1 aliphatic rings. The van der Waals surface area contributed by atoms with Crippen molar-refractivity contribution in [2.24, 2.45) is 0 Å². The highest BCUT2D eigenvalue weighted by Gasteiger charge is 2.26. The number of amides is 1. The van der Waals surface area contributed by atoms with E-state index in [0.29, 0.717) is 12.4 Å². The van der Waals surface area contributed by atoms with Crippen LogP contribution in [0, 0.1) is 5.82 Å². The number of benzene rings is 1. The van der Waals surface area contributed by atoms with Crippen molar-refractivity contribution >= 4 is 5.91 Å². The summed E-state index contributed by atoms with van der Waals surface area (Å²) in [6.45, 7) is 7.40. The molecule has 0 unspecified atom stereocenters. The molecule has 2 rings (SSSR count). The Morgan fingerprint density at radius 1 is 1.27 bits per heavy atom. The van der Waals surface area contributed by atoms with Crippen molar-refractivity contribution in [2.75, 3.05) is 40.5 Å². The summed E-state index contributed by atoms with van der Waals surface area (Å²) in [5, 5.41) is 2.92. The third-order valence-corrected chi connectivity index (χ3v) is 4.50. The molecular formula is C19H29FN2O4. The lowest BCUT2D eigenvalue weighted by Crippen LogP contribution is -2.45. The molecule has 1 saturated heterocycles. The van der Waals surface area contributed by atoms with Crippen molar-refractivity contribution in [3.05, 3.63) is 23.5 Å². The van der Waals surface area contributed by atoms with Crippen LogP contribution in [0.15, 0.2) is 12.1 Å². The number of hydrogen-bond acceptors (Lipinski definition) is 5. The van der Waals surface area contributed by atoms with Crippen LogP contribution >= 0.6 is 0 Å². The van der Waals surface area contributed by atoms with E-state index in [9.17, 15) is 9.18 Å². The van der Waals surface area contributed by atoms with Gasteiger partial charge in [0.05, 0.1) is 26.9 Å². The summed E-state index contributed by atoms with van der Waals surface area (Å²) in [6.07, 6.45) is 1.88. The van der Waals surface area contributed by atoms with Crippen LogP contribution in [0.3, 0.4) is 0 Å². The summed E-state index contributed by atoms with van der Waals surface area (Å²) in [7, 11) is 2.85. The number of nitrogens with one attached hydrogen (secondary N) is 1. The highest BCUT2D eigenvalue weighted by Crippen LogP contribution is 2.32. The molecule has 1 aliphatic heterocycles. The number of rotatable bonds is 8. The lowest BCUT2D eigenvalue weighted by molar-refractivity contribution is 0.0520. The van der Waals surface area contributed by atoms with Gasteiger partial charge in [-0.2, -0.15) is 0 Å². The minimum absolute atomic E-state index is 0.0140. The second-order valence-corrected chi connectivity index (χ2v) is 6.67. The van der Waals surface area contributed by atoms with E-state index >= 15 is 0 Å². The van der Waals surface area contributed by atoms with Crippen molar-refractivity contribution in [2.45, 2.75) is 38.8 Å². The maximum atomic E-state index is 14.2. The Hall–Kier alpha value is -1.86. The molecule has 0 aromatic heterocycles. The maximum Gasteiger partial charge on any atom is 0.258 e. The van der Waals surface area contributed by atoms with Crippen LogP contribution < -0.4 is 14.8 Å². The molecule has 146 valence electrons. The molecule has 0 aliphatic carbocycles. The van der Waals surface area contributed by atoms with Gasteiger partial charge in [0.25, 0.3) is 5.91 Å². The second kappa shape index (κ2) is 9.73. The maximum absolute atomic E-state index is 14.2. The van der Waals surface area contributed by atoms with Crippen LogP contribution in [-0.4, -0.2) is 63.4 Å². The molecule has 26 heavy (non-hydrogen) atoms. The lowest BCUT2D eigenvalue weighted by Gasteiger charge is -2.32. The van der Waals surface area contributed by atoms with Crippen molar-refractivity contribution < 1.29 is 23.4 Å². The summed E-state index contributed by atoms with van der Waals surface area (Å²) in [6, 6.07) is 2.68. The van der Waals surface area contributed by atoms with Crippen LogP contribution in [0.4, 0.5) is 4.39 Å². The van der Waals surface area contributed by atoms with Gasteiger partial charge in [-0.1, -0.05) is 0 Å². The monoisotopic (exact) mass is 368 g/mol. The minimum Gasteiger partial charge on any atom is -0.493 e. The van der Waals surface area contributed by atoms with Crippen molar-refractivity contribution in [3.63, 3.8) is 0 Å². The normalized spacial score (nSPS) is 15.9. The Balaban J connectivity index is 1.92. The Kier molecular flexibility index (Phi) is 7.66. The fourth-order valence-electron chi connectivity index (χ4n) is 3.09. The highest BCUT2D eigenvalue weighted by molar-refractivity contribution is 5.98. The van der Waals surface area contributed by atoms with Gasteiger partial charge in [0.15, 0.2) is 11.5 Å². The molecule has 6 nitrogen and oxygen atoms in total. The lowest BCUT2D eigenvalue weighted by atomic mass is 10.0. The molecule has 1 aromatic carbocycles. The average Bonchev–Trinajstić information content (AvgIpc) is 2.62. The predicted octanol–water partition coefficient (Wildman–Crippen LogP) is 2.46. The van der Waals surface area contributed by atoms with Gasteiger partial charge < -0.3 is 24.4 Å². The Labute approximate surface area is 154 Å². The van der Waals surface area contributed by atoms with Crippen molar-refractivity contribution in [1.82, 2.24) is 10.2 Å². The zero-order valence-electron chi connectivity index (χ0n) is 16.0. The molecule has 0 bridgehead atoms. The topological polar surface area (TPSA) is 60.0 Å². The van der Waals surface area contributed by atoms with E-state index in [1.807, 2.05) is 13.8 Å². The molecule has 0 spiro atoms. The van der Waals surface area contributed by atoms with Crippen LogP contribution in [0.2, 0.25) is 0 Å². The van der Waals surface area contributed by atoms with Gasteiger partial charge >= 0.3 is 0 Å². The molecule has 1 fully saturated rings. The molecule has 1 aromatic rings. The number of carbonyl (C=O) groups excluding carboxylic acids is 1. The van der Waals surface area contributed by atoms with E-state index in [2.05, 4.69) is 10.2 Å². The number of hydrogen-bond donors (Lipinski definition) is 1. The molecule has 1 amide bonds. The van der Waals surface area contributed by atoms with Crippen LogP contribution in [0.1, 0.15) is 37.0 Å². The van der Waals surface area contributed by atoms with Crippen LogP contribution in [-0.2, 0) is 4.74 Å². The number of halogens is 1. The molecule has 7 heteroatoms. The quantitative estimate of drug-likeness (QED) is 0.764. The Bertz CT molecular complexity index is 601. The van der Waals surface area contributed by atoms with Crippen molar-refractivity contribution in [1.29, 1.82) is 0 Å². The molecule has 1 heterocycles. The second-order valence-electron chi connectivity index (χ2n) is 6.67. The number of carbonyl (C=O) groups is 1. The van der Waals surface area contributed by atoms with Gasteiger partial charge in [-0.05, 0) is 38.8 Å². The zero-order valence-corrected chi connectivity index (χ0v) is 16.0. The third-order valence-electron chi connectivity index (χ3n) is 4.50. The smallest absolute Gasteiger partial charge is 0.258 e. The largest absolute Gasteiger partial charge is 0.493 e. The SMILES string of the molecule is COc1ccc(F)c(C(=O)NC2CCN(CCOC(C)C)CC2)c1OC. The summed E-state index contributed by atoms with van der Waals surface area (Å²) in [5.41, 5.74) is -0.111. The Morgan fingerprint density at radius 2 is 1.96 bits per heavy atom. The first-order chi connectivity index (χ1) is 12.5. The molecule has 0 atom stereocenters. The first kappa shape index (κ1) is 20.5. The van der Waals surface area contributed by atoms with E-state index in [-0.39, 0.29) is 23.5 Å². The first-order valence-corrected chi connectivity index (χ1v) is 9.01. The molecule has 1 N–H and O–H groups in total. The van der Waals surface area contributed by atoms with Crippen LogP contribution in [0.25, 0.3) is 0 Å². The molecule has 0 saturated carbocycles. The van der Waals surface area contributed by atoms with Crippen molar-refractivity contribution in [3.8, 4) is 11.5 Å². The fraction of sp³-hybridized carbons (Fsp3) is 0.632. The summed E-state index contributed by atoms with van der Waals surface area (Å²) in [5.74, 6) is -0.643. The zero-order chi connectivity index (χ0) is 19.1. The van der Waals surface area contributed by atoms with E-state index in [1.165, 1.54) is 26.4 Å². The summed E-state index contributed by atoms with van der Waals surface area (Å²) < 4.78 is 30.1. The van der Waals surface area contributed by atoms with E-state index in [4.69, 9.17) is 14.2 Å². The first-order valence-electron chi connectivity index (χ1n) is 9.01. The van der Waals surface area contributed by atoms with E-state index < -0.39 is 11.7 Å². The average molecular weight is 368 g/mol. The standard InChI is InChI=1S/C19H29FN2O4/c1-13(2)26-12-11-22-9-7-14(8-10-22)21-19(23)17-15(20)5-6-16(24-3)18(17)25-4/h5-6,13-14H,7-12H2,1-4H3,(H,21,23). The predicted molar refractivity (Wildman–Crippen MR) is 97.5 cm³/mol. The summed E-state index contributed by atoms with van der Waals surface area (Å²) in [4.78, 5) is 14.9. The number of ether oxygens (including phenoxy) is 3. The highest BCUT2D eigenvalue weighted by atomic mass is 19.1. The molecular weight excluding hydrogens is 339 g/mol. The van der Waals surface area contributed by atoms with Gasteiger partial charge in [-0.25, -0.2) is 4.39 Å². The summed E-state index contributed by atoms with van der Waals surface area (Å²) >= 11 is 0. The van der Waals surface area contributed by atoms with E-state index in [1.54, 1.807) is 0 Å². The molecule has 0 radical (unpaired) electrons. The number of piperidine rings is 1. The number of likely N-dealkylation sites (tertiary alicyclic amines) is 1. The number of nitrogens with zero attached hydrogens (tertiary/aromatic N) is 1. The minimum atomic E-state index is -0.622.